The number of carbonyl (C=O) groups is 1. The molecule has 0 saturated heterocycles. The molecule has 0 heterocycles. The molecule has 0 bridgehead atoms. The van der Waals surface area contributed by atoms with E-state index in [0.29, 0.717) is 23.4 Å². The Hall–Kier alpha value is -0.350. The van der Waals surface area contributed by atoms with Gasteiger partial charge in [0, 0.05) is 15.0 Å². The fourth-order valence-electron chi connectivity index (χ4n) is 2.71. The molecule has 1 N–H and O–H groups in total. The smallest absolute Gasteiger partial charge is 0.252 e. The Morgan fingerprint density at radius 2 is 2.00 bits per heavy atom. The van der Waals surface area contributed by atoms with E-state index in [0.717, 1.165) is 15.4 Å². The number of rotatable bonds is 2. The summed E-state index contributed by atoms with van der Waals surface area (Å²) in [5.74, 6) is 1.25. The molecule has 1 fully saturated rings. The van der Waals surface area contributed by atoms with E-state index >= 15 is 0 Å². The lowest BCUT2D eigenvalue weighted by Crippen LogP contribution is -2.43. The van der Waals surface area contributed by atoms with Gasteiger partial charge in [-0.1, -0.05) is 42.6 Å². The maximum Gasteiger partial charge on any atom is 0.252 e. The minimum absolute atomic E-state index is 0.0188. The van der Waals surface area contributed by atoms with Gasteiger partial charge in [-0.15, -0.1) is 0 Å². The van der Waals surface area contributed by atoms with Gasteiger partial charge >= 0.3 is 0 Å². The lowest BCUT2D eigenvalue weighted by atomic mass is 9.78. The van der Waals surface area contributed by atoms with Gasteiger partial charge in [0.2, 0.25) is 0 Å². The van der Waals surface area contributed by atoms with E-state index in [1.807, 2.05) is 18.2 Å². The molecule has 104 valence electrons. The number of nitrogens with one attached hydrogen (secondary N) is 1. The predicted molar refractivity (Wildman–Crippen MR) is 85.3 cm³/mol. The normalized spacial score (nSPS) is 27.1. The largest absolute Gasteiger partial charge is 0.349 e. The van der Waals surface area contributed by atoms with Crippen molar-refractivity contribution in [3.63, 3.8) is 0 Å². The van der Waals surface area contributed by atoms with Crippen LogP contribution in [0.25, 0.3) is 0 Å². The number of hydrogen-bond acceptors (Lipinski definition) is 1. The summed E-state index contributed by atoms with van der Waals surface area (Å²) in [6.07, 6.45) is 3.57. The molecule has 0 spiro atoms. The van der Waals surface area contributed by atoms with Crippen LogP contribution >= 0.6 is 31.9 Å². The molecule has 0 aliphatic heterocycles. The van der Waals surface area contributed by atoms with E-state index in [2.05, 4.69) is 51.0 Å². The summed E-state index contributed by atoms with van der Waals surface area (Å²) in [4.78, 5) is 12.3. The van der Waals surface area contributed by atoms with Crippen molar-refractivity contribution in [2.24, 2.45) is 11.8 Å². The highest BCUT2D eigenvalue weighted by atomic mass is 79.9. The summed E-state index contributed by atoms with van der Waals surface area (Å²) < 4.78 is 1.80. The average Bonchev–Trinajstić information content (AvgIpc) is 2.34. The number of amides is 1. The molecule has 2 rings (SSSR count). The van der Waals surface area contributed by atoms with Crippen LogP contribution in [-0.4, -0.2) is 11.9 Å². The van der Waals surface area contributed by atoms with Gasteiger partial charge in [-0.25, -0.2) is 0 Å². The zero-order valence-corrected chi connectivity index (χ0v) is 14.4. The lowest BCUT2D eigenvalue weighted by molar-refractivity contribution is 0.0890. The summed E-state index contributed by atoms with van der Waals surface area (Å²) in [5, 5.41) is 3.19. The Balaban J connectivity index is 2.08. The standard InChI is InChI=1S/C15H19Br2NO/c1-9-4-3-5-14(10(9)2)18-15(19)12-7-6-11(16)8-13(12)17/h6-10,14H,3-5H2,1-2H3,(H,18,19). The Bertz CT molecular complexity index is 475. The van der Waals surface area contributed by atoms with Gasteiger partial charge in [0.05, 0.1) is 5.56 Å². The van der Waals surface area contributed by atoms with Gasteiger partial charge < -0.3 is 5.32 Å². The molecule has 3 atom stereocenters. The first-order valence-electron chi connectivity index (χ1n) is 6.75. The first kappa shape index (κ1) is 15.0. The third-order valence-electron chi connectivity index (χ3n) is 4.20. The highest BCUT2D eigenvalue weighted by Gasteiger charge is 2.28. The number of hydrogen-bond donors (Lipinski definition) is 1. The van der Waals surface area contributed by atoms with Crippen LogP contribution in [0.5, 0.6) is 0 Å². The van der Waals surface area contributed by atoms with Crippen molar-refractivity contribution < 1.29 is 4.79 Å². The Morgan fingerprint density at radius 3 is 2.68 bits per heavy atom. The lowest BCUT2D eigenvalue weighted by Gasteiger charge is -2.34. The monoisotopic (exact) mass is 387 g/mol. The number of carbonyl (C=O) groups excluding carboxylic acids is 1. The third kappa shape index (κ3) is 3.60. The molecular formula is C15H19Br2NO. The van der Waals surface area contributed by atoms with E-state index in [1.54, 1.807) is 0 Å². The molecule has 19 heavy (non-hydrogen) atoms. The van der Waals surface area contributed by atoms with E-state index in [-0.39, 0.29) is 5.91 Å². The SMILES string of the molecule is CC1CCCC(NC(=O)c2ccc(Br)cc2Br)C1C. The maximum absolute atomic E-state index is 12.3. The Kier molecular flexibility index (Phi) is 5.07. The predicted octanol–water partition coefficient (Wildman–Crippen LogP) is 4.77. The summed E-state index contributed by atoms with van der Waals surface area (Å²) in [6.45, 7) is 4.52. The summed E-state index contributed by atoms with van der Waals surface area (Å²) in [6, 6.07) is 5.95. The average molecular weight is 389 g/mol. The second-order valence-corrected chi connectivity index (χ2v) is 7.24. The van der Waals surface area contributed by atoms with Crippen LogP contribution in [0.4, 0.5) is 0 Å². The van der Waals surface area contributed by atoms with Crippen LogP contribution in [0.15, 0.2) is 27.1 Å². The topological polar surface area (TPSA) is 29.1 Å². The van der Waals surface area contributed by atoms with Crippen molar-refractivity contribution in [2.75, 3.05) is 0 Å². The molecule has 0 radical (unpaired) electrons. The minimum atomic E-state index is 0.0188. The fraction of sp³-hybridized carbons (Fsp3) is 0.533. The van der Waals surface area contributed by atoms with Gasteiger partial charge in [-0.05, 0) is 52.4 Å². The molecule has 0 aromatic heterocycles. The molecule has 1 amide bonds. The fourth-order valence-corrected chi connectivity index (χ4v) is 3.93. The van der Waals surface area contributed by atoms with Crippen LogP contribution < -0.4 is 5.32 Å². The quantitative estimate of drug-likeness (QED) is 0.776. The number of benzene rings is 1. The van der Waals surface area contributed by atoms with Crippen LogP contribution in [0.3, 0.4) is 0 Å². The van der Waals surface area contributed by atoms with E-state index in [9.17, 15) is 4.79 Å². The van der Waals surface area contributed by atoms with Crippen molar-refractivity contribution in [3.8, 4) is 0 Å². The first-order valence-corrected chi connectivity index (χ1v) is 8.33. The van der Waals surface area contributed by atoms with Gasteiger partial charge in [-0.3, -0.25) is 4.79 Å². The van der Waals surface area contributed by atoms with E-state index in [4.69, 9.17) is 0 Å². The Morgan fingerprint density at radius 1 is 1.26 bits per heavy atom. The van der Waals surface area contributed by atoms with Crippen molar-refractivity contribution >= 4 is 37.8 Å². The molecule has 1 aliphatic rings. The van der Waals surface area contributed by atoms with Gasteiger partial charge in [0.15, 0.2) is 0 Å². The molecule has 1 aliphatic carbocycles. The molecule has 1 aromatic rings. The van der Waals surface area contributed by atoms with E-state index < -0.39 is 0 Å². The van der Waals surface area contributed by atoms with Crippen molar-refractivity contribution in [2.45, 2.75) is 39.2 Å². The van der Waals surface area contributed by atoms with Gasteiger partial charge in [0.1, 0.15) is 0 Å². The van der Waals surface area contributed by atoms with Gasteiger partial charge in [-0.2, -0.15) is 0 Å². The molecule has 4 heteroatoms. The highest BCUT2D eigenvalue weighted by Crippen LogP contribution is 2.30. The van der Waals surface area contributed by atoms with Crippen LogP contribution in [0.1, 0.15) is 43.5 Å². The summed E-state index contributed by atoms with van der Waals surface area (Å²) in [5.41, 5.74) is 0.702. The van der Waals surface area contributed by atoms with Crippen molar-refractivity contribution in [1.29, 1.82) is 0 Å². The number of halogens is 2. The van der Waals surface area contributed by atoms with Crippen molar-refractivity contribution in [3.05, 3.63) is 32.7 Å². The van der Waals surface area contributed by atoms with Crippen LogP contribution in [0, 0.1) is 11.8 Å². The minimum Gasteiger partial charge on any atom is -0.349 e. The van der Waals surface area contributed by atoms with Crippen molar-refractivity contribution in [1.82, 2.24) is 5.32 Å². The molecule has 1 saturated carbocycles. The summed E-state index contributed by atoms with van der Waals surface area (Å²) >= 11 is 6.85. The molecular weight excluding hydrogens is 370 g/mol. The zero-order chi connectivity index (χ0) is 14.0. The molecule has 3 unspecified atom stereocenters. The third-order valence-corrected chi connectivity index (χ3v) is 5.35. The summed E-state index contributed by atoms with van der Waals surface area (Å²) in [7, 11) is 0. The van der Waals surface area contributed by atoms with E-state index in [1.165, 1.54) is 12.8 Å². The Labute approximate surface area is 131 Å². The van der Waals surface area contributed by atoms with Gasteiger partial charge in [0.25, 0.3) is 5.91 Å². The molecule has 2 nitrogen and oxygen atoms in total. The highest BCUT2D eigenvalue weighted by molar-refractivity contribution is 9.11. The first-order chi connectivity index (χ1) is 8.99. The second-order valence-electron chi connectivity index (χ2n) is 5.47. The zero-order valence-electron chi connectivity index (χ0n) is 11.2. The van der Waals surface area contributed by atoms with Crippen LogP contribution in [-0.2, 0) is 0 Å². The maximum atomic E-state index is 12.3. The second kappa shape index (κ2) is 6.40. The van der Waals surface area contributed by atoms with Crippen LogP contribution in [0.2, 0.25) is 0 Å². The molecule has 1 aromatic carbocycles.